The maximum atomic E-state index is 12.4. The molecule has 6 heteroatoms. The Morgan fingerprint density at radius 1 is 1.25 bits per heavy atom. The van der Waals surface area contributed by atoms with E-state index in [1.807, 2.05) is 6.92 Å². The maximum Gasteiger partial charge on any atom is 0.335 e. The molecule has 1 aromatic rings. The Hall–Kier alpha value is -2.37. The number of aromatic carboxylic acids is 1. The van der Waals surface area contributed by atoms with Crippen molar-refractivity contribution < 1.29 is 19.5 Å². The first kappa shape index (κ1) is 18.0. The number of carbonyl (C=O) groups excluding carboxylic acids is 2. The van der Waals surface area contributed by atoms with Crippen LogP contribution in [0.25, 0.3) is 0 Å². The number of hydrogen-bond acceptors (Lipinski definition) is 3. The first-order valence-corrected chi connectivity index (χ1v) is 8.39. The summed E-state index contributed by atoms with van der Waals surface area (Å²) in [5.41, 5.74) is 0.884. The van der Waals surface area contributed by atoms with Crippen molar-refractivity contribution in [3.63, 3.8) is 0 Å². The van der Waals surface area contributed by atoms with Crippen molar-refractivity contribution in [2.24, 2.45) is 5.92 Å². The molecule has 2 N–H and O–H groups in total. The zero-order valence-electron chi connectivity index (χ0n) is 14.0. The number of benzene rings is 1. The summed E-state index contributed by atoms with van der Waals surface area (Å²) in [6, 6.07) is 6.45. The van der Waals surface area contributed by atoms with Crippen LogP contribution in [0.1, 0.15) is 42.1 Å². The van der Waals surface area contributed by atoms with Gasteiger partial charge in [-0.2, -0.15) is 0 Å². The van der Waals surface area contributed by atoms with E-state index in [-0.39, 0.29) is 29.7 Å². The van der Waals surface area contributed by atoms with Crippen molar-refractivity contribution in [3.05, 3.63) is 35.4 Å². The number of rotatable bonds is 6. The van der Waals surface area contributed by atoms with Gasteiger partial charge in [0.05, 0.1) is 12.0 Å². The highest BCUT2D eigenvalue weighted by molar-refractivity contribution is 5.88. The molecule has 1 saturated heterocycles. The highest BCUT2D eigenvalue weighted by atomic mass is 16.4. The monoisotopic (exact) mass is 332 g/mol. The van der Waals surface area contributed by atoms with Gasteiger partial charge in [-0.15, -0.1) is 0 Å². The predicted molar refractivity (Wildman–Crippen MR) is 89.7 cm³/mol. The summed E-state index contributed by atoms with van der Waals surface area (Å²) >= 11 is 0. The van der Waals surface area contributed by atoms with Gasteiger partial charge < -0.3 is 15.3 Å². The molecule has 1 aliphatic heterocycles. The van der Waals surface area contributed by atoms with Crippen molar-refractivity contribution in [1.29, 1.82) is 0 Å². The third-order valence-corrected chi connectivity index (χ3v) is 4.30. The average Bonchev–Trinajstić information content (AvgIpc) is 2.60. The lowest BCUT2D eigenvalue weighted by Crippen LogP contribution is -2.43. The van der Waals surface area contributed by atoms with E-state index in [0.29, 0.717) is 38.0 Å². The van der Waals surface area contributed by atoms with Crippen molar-refractivity contribution in [2.75, 3.05) is 19.6 Å². The first-order chi connectivity index (χ1) is 11.5. The third kappa shape index (κ3) is 4.81. The summed E-state index contributed by atoms with van der Waals surface area (Å²) in [6.07, 6.45) is 2.46. The van der Waals surface area contributed by atoms with Crippen LogP contribution < -0.4 is 5.32 Å². The summed E-state index contributed by atoms with van der Waals surface area (Å²) in [4.78, 5) is 37.1. The van der Waals surface area contributed by atoms with Crippen LogP contribution in [0.5, 0.6) is 0 Å². The lowest BCUT2D eigenvalue weighted by molar-refractivity contribution is -0.135. The van der Waals surface area contributed by atoms with Gasteiger partial charge in [0.1, 0.15) is 0 Å². The summed E-state index contributed by atoms with van der Waals surface area (Å²) in [5, 5.41) is 11.9. The van der Waals surface area contributed by atoms with E-state index in [1.165, 1.54) is 12.1 Å². The Bertz CT molecular complexity index is 607. The smallest absolute Gasteiger partial charge is 0.335 e. The van der Waals surface area contributed by atoms with Crippen molar-refractivity contribution >= 4 is 17.8 Å². The van der Waals surface area contributed by atoms with Crippen LogP contribution >= 0.6 is 0 Å². The standard InChI is InChI=1S/C18H24N2O4/c1-2-8-19-17(22)14-6-9-20(10-7-14)16(21)12-13-4-3-5-15(11-13)18(23)24/h3-5,11,14H,2,6-10,12H2,1H3,(H,19,22)(H,23,24). The number of hydrogen-bond donors (Lipinski definition) is 2. The molecule has 24 heavy (non-hydrogen) atoms. The maximum absolute atomic E-state index is 12.4. The summed E-state index contributed by atoms with van der Waals surface area (Å²) < 4.78 is 0. The normalized spacial score (nSPS) is 15.1. The number of amides is 2. The number of carboxylic acids is 1. The number of carbonyl (C=O) groups is 3. The molecule has 0 bridgehead atoms. The molecule has 130 valence electrons. The predicted octanol–water partition coefficient (Wildman–Crippen LogP) is 1.69. The summed E-state index contributed by atoms with van der Waals surface area (Å²) in [7, 11) is 0. The van der Waals surface area contributed by atoms with Gasteiger partial charge in [0.15, 0.2) is 0 Å². The van der Waals surface area contributed by atoms with Crippen LogP contribution in [0.2, 0.25) is 0 Å². The molecule has 1 fully saturated rings. The van der Waals surface area contributed by atoms with Crippen LogP contribution in [0, 0.1) is 5.92 Å². The SMILES string of the molecule is CCCNC(=O)C1CCN(C(=O)Cc2cccc(C(=O)O)c2)CC1. The molecule has 1 aliphatic rings. The number of nitrogens with one attached hydrogen (secondary N) is 1. The molecular formula is C18H24N2O4. The highest BCUT2D eigenvalue weighted by Crippen LogP contribution is 2.18. The van der Waals surface area contributed by atoms with Crippen molar-refractivity contribution in [2.45, 2.75) is 32.6 Å². The van der Waals surface area contributed by atoms with Gasteiger partial charge in [-0.3, -0.25) is 9.59 Å². The van der Waals surface area contributed by atoms with Crippen molar-refractivity contribution in [1.82, 2.24) is 10.2 Å². The fourth-order valence-corrected chi connectivity index (χ4v) is 2.88. The quantitative estimate of drug-likeness (QED) is 0.830. The molecule has 0 unspecified atom stereocenters. The molecule has 0 atom stereocenters. The van der Waals surface area contributed by atoms with Gasteiger partial charge in [0.25, 0.3) is 0 Å². The third-order valence-electron chi connectivity index (χ3n) is 4.30. The van der Waals surface area contributed by atoms with Crippen LogP contribution in [-0.4, -0.2) is 47.4 Å². The Kier molecular flexibility index (Phi) is 6.35. The van der Waals surface area contributed by atoms with Gasteiger partial charge in [-0.05, 0) is 37.0 Å². The molecule has 0 aromatic heterocycles. The topological polar surface area (TPSA) is 86.7 Å². The Morgan fingerprint density at radius 2 is 1.96 bits per heavy atom. The van der Waals surface area contributed by atoms with Crippen molar-refractivity contribution in [3.8, 4) is 0 Å². The fraction of sp³-hybridized carbons (Fsp3) is 0.500. The van der Waals surface area contributed by atoms with Crippen LogP contribution in [0.4, 0.5) is 0 Å². The van der Waals surface area contributed by atoms with Gasteiger partial charge in [-0.1, -0.05) is 19.1 Å². The lowest BCUT2D eigenvalue weighted by Gasteiger charge is -2.31. The van der Waals surface area contributed by atoms with Gasteiger partial charge >= 0.3 is 5.97 Å². The number of piperidine rings is 1. The minimum atomic E-state index is -0.997. The Morgan fingerprint density at radius 3 is 2.58 bits per heavy atom. The minimum absolute atomic E-state index is 0.0176. The fourth-order valence-electron chi connectivity index (χ4n) is 2.88. The number of nitrogens with zero attached hydrogens (tertiary/aromatic N) is 1. The molecule has 0 saturated carbocycles. The van der Waals surface area contributed by atoms with E-state index in [4.69, 9.17) is 5.11 Å². The molecule has 2 amide bonds. The second kappa shape index (κ2) is 8.47. The molecule has 2 rings (SSSR count). The summed E-state index contributed by atoms with van der Waals surface area (Å²) in [6.45, 7) is 3.85. The van der Waals surface area contributed by atoms with Crippen LogP contribution in [-0.2, 0) is 16.0 Å². The minimum Gasteiger partial charge on any atom is -0.478 e. The zero-order valence-corrected chi connectivity index (χ0v) is 14.0. The molecule has 0 radical (unpaired) electrons. The molecule has 0 spiro atoms. The van der Waals surface area contributed by atoms with Gasteiger partial charge in [0, 0.05) is 25.6 Å². The Balaban J connectivity index is 1.86. The summed E-state index contributed by atoms with van der Waals surface area (Å²) in [5.74, 6) is -0.956. The van der Waals surface area contributed by atoms with Gasteiger partial charge in [0.2, 0.25) is 11.8 Å². The first-order valence-electron chi connectivity index (χ1n) is 8.39. The van der Waals surface area contributed by atoms with E-state index in [9.17, 15) is 14.4 Å². The van der Waals surface area contributed by atoms with E-state index in [1.54, 1.807) is 17.0 Å². The molecule has 6 nitrogen and oxygen atoms in total. The molecule has 1 aromatic carbocycles. The van der Waals surface area contributed by atoms with Gasteiger partial charge in [-0.25, -0.2) is 4.79 Å². The number of carboxylic acid groups (broad SMARTS) is 1. The average molecular weight is 332 g/mol. The van der Waals surface area contributed by atoms with E-state index in [0.717, 1.165) is 6.42 Å². The lowest BCUT2D eigenvalue weighted by atomic mass is 9.95. The van der Waals surface area contributed by atoms with E-state index < -0.39 is 5.97 Å². The second-order valence-electron chi connectivity index (χ2n) is 6.13. The van der Waals surface area contributed by atoms with Crippen LogP contribution in [0.3, 0.4) is 0 Å². The number of likely N-dealkylation sites (tertiary alicyclic amines) is 1. The zero-order chi connectivity index (χ0) is 17.5. The van der Waals surface area contributed by atoms with Crippen LogP contribution in [0.15, 0.2) is 24.3 Å². The highest BCUT2D eigenvalue weighted by Gasteiger charge is 2.27. The molecule has 1 heterocycles. The molecular weight excluding hydrogens is 308 g/mol. The molecule has 0 aliphatic carbocycles. The second-order valence-corrected chi connectivity index (χ2v) is 6.13. The largest absolute Gasteiger partial charge is 0.478 e. The van der Waals surface area contributed by atoms with E-state index in [2.05, 4.69) is 5.32 Å². The Labute approximate surface area is 141 Å². The van der Waals surface area contributed by atoms with E-state index >= 15 is 0 Å².